The molecule has 0 spiro atoms. The Hall–Kier alpha value is -2.68. The summed E-state index contributed by atoms with van der Waals surface area (Å²) in [6.45, 7) is 7.50. The maximum atomic E-state index is 14.5. The zero-order chi connectivity index (χ0) is 23.4. The number of nitrogens with two attached hydrogens (primary N) is 1. The Morgan fingerprint density at radius 1 is 1.27 bits per heavy atom. The fourth-order valence-electron chi connectivity index (χ4n) is 4.47. The van der Waals surface area contributed by atoms with Gasteiger partial charge in [0.25, 0.3) is 5.91 Å². The first-order chi connectivity index (χ1) is 15.9. The number of amides is 1. The van der Waals surface area contributed by atoms with Crippen LogP contribution >= 0.6 is 0 Å². The standard InChI is InChI=1S/C24H34FN5O3/c1-16(2)22-27-24(33-28-22)29-10-7-17(8-11-29)4-3-13-32-19-5-6-20(21(25)14-19)23(31)30-12-9-18(26)15-30/h5-6,14,16-18H,3-4,7-13,15,26H2,1-2H3. The van der Waals surface area contributed by atoms with E-state index in [-0.39, 0.29) is 23.4 Å². The van der Waals surface area contributed by atoms with Crippen LogP contribution in [-0.4, -0.2) is 59.8 Å². The summed E-state index contributed by atoms with van der Waals surface area (Å²) in [6.07, 6.45) is 4.86. The van der Waals surface area contributed by atoms with Gasteiger partial charge in [-0.15, -0.1) is 0 Å². The van der Waals surface area contributed by atoms with Gasteiger partial charge < -0.3 is 24.8 Å². The van der Waals surface area contributed by atoms with Crippen molar-refractivity contribution in [2.45, 2.75) is 57.9 Å². The third kappa shape index (κ3) is 5.82. The quantitative estimate of drug-likeness (QED) is 0.603. The van der Waals surface area contributed by atoms with Gasteiger partial charge in [0.15, 0.2) is 5.82 Å². The Morgan fingerprint density at radius 3 is 2.70 bits per heavy atom. The lowest BCUT2D eigenvalue weighted by Crippen LogP contribution is -2.34. The number of likely N-dealkylation sites (tertiary alicyclic amines) is 1. The number of anilines is 1. The van der Waals surface area contributed by atoms with Gasteiger partial charge in [-0.3, -0.25) is 4.79 Å². The van der Waals surface area contributed by atoms with Gasteiger partial charge in [-0.2, -0.15) is 4.98 Å². The molecule has 1 aromatic carbocycles. The topological polar surface area (TPSA) is 97.7 Å². The summed E-state index contributed by atoms with van der Waals surface area (Å²) in [5, 5.41) is 4.05. The first-order valence-electron chi connectivity index (χ1n) is 12.0. The van der Waals surface area contributed by atoms with Crippen LogP contribution < -0.4 is 15.4 Å². The monoisotopic (exact) mass is 459 g/mol. The van der Waals surface area contributed by atoms with Crippen molar-refractivity contribution in [3.63, 3.8) is 0 Å². The minimum atomic E-state index is -0.549. The molecule has 2 saturated heterocycles. The lowest BCUT2D eigenvalue weighted by Gasteiger charge is -2.30. The molecule has 0 radical (unpaired) electrons. The number of benzene rings is 1. The van der Waals surface area contributed by atoms with E-state index in [0.717, 1.165) is 51.0 Å². The molecule has 2 fully saturated rings. The van der Waals surface area contributed by atoms with Gasteiger partial charge in [-0.05, 0) is 50.2 Å². The van der Waals surface area contributed by atoms with E-state index in [1.165, 1.54) is 12.1 Å². The van der Waals surface area contributed by atoms with E-state index in [2.05, 4.69) is 28.9 Å². The van der Waals surface area contributed by atoms with Crippen molar-refractivity contribution in [3.8, 4) is 5.75 Å². The maximum absolute atomic E-state index is 14.5. The Morgan fingerprint density at radius 2 is 2.06 bits per heavy atom. The van der Waals surface area contributed by atoms with Gasteiger partial charge in [-0.25, -0.2) is 4.39 Å². The molecule has 0 aliphatic carbocycles. The molecule has 180 valence electrons. The Bertz CT molecular complexity index is 942. The lowest BCUT2D eigenvalue weighted by molar-refractivity contribution is 0.0786. The second-order valence-electron chi connectivity index (χ2n) is 9.45. The molecule has 2 aromatic rings. The van der Waals surface area contributed by atoms with Crippen LogP contribution in [0, 0.1) is 11.7 Å². The molecule has 1 amide bonds. The molecule has 8 nitrogen and oxygen atoms in total. The normalized spacial score (nSPS) is 19.5. The molecule has 1 atom stereocenters. The number of carbonyl (C=O) groups is 1. The van der Waals surface area contributed by atoms with Crippen molar-refractivity contribution in [3.05, 3.63) is 35.4 Å². The number of piperidine rings is 1. The fraction of sp³-hybridized carbons (Fsp3) is 0.625. The van der Waals surface area contributed by atoms with Gasteiger partial charge in [0.1, 0.15) is 11.6 Å². The maximum Gasteiger partial charge on any atom is 0.324 e. The number of carbonyl (C=O) groups excluding carboxylic acids is 1. The minimum Gasteiger partial charge on any atom is -0.493 e. The van der Waals surface area contributed by atoms with Crippen LogP contribution in [0.25, 0.3) is 0 Å². The van der Waals surface area contributed by atoms with Gasteiger partial charge in [-0.1, -0.05) is 19.0 Å². The predicted molar refractivity (Wildman–Crippen MR) is 123 cm³/mol. The lowest BCUT2D eigenvalue weighted by atomic mass is 9.92. The molecule has 3 heterocycles. The van der Waals surface area contributed by atoms with E-state index in [0.29, 0.717) is 37.4 Å². The van der Waals surface area contributed by atoms with Crippen molar-refractivity contribution >= 4 is 11.9 Å². The molecule has 33 heavy (non-hydrogen) atoms. The summed E-state index contributed by atoms with van der Waals surface area (Å²) in [7, 11) is 0. The molecule has 2 aliphatic heterocycles. The Kier molecular flexibility index (Phi) is 7.47. The average molecular weight is 460 g/mol. The van der Waals surface area contributed by atoms with Crippen LogP contribution in [0.1, 0.15) is 68.1 Å². The summed E-state index contributed by atoms with van der Waals surface area (Å²) in [4.78, 5) is 20.7. The molecule has 4 rings (SSSR count). The van der Waals surface area contributed by atoms with Crippen molar-refractivity contribution < 1.29 is 18.4 Å². The molecule has 1 aromatic heterocycles. The van der Waals surface area contributed by atoms with Crippen LogP contribution in [0.5, 0.6) is 5.75 Å². The van der Waals surface area contributed by atoms with Crippen LogP contribution in [0.15, 0.2) is 22.7 Å². The third-order valence-electron chi connectivity index (χ3n) is 6.54. The average Bonchev–Trinajstić information content (AvgIpc) is 3.46. The number of hydrogen-bond acceptors (Lipinski definition) is 7. The smallest absolute Gasteiger partial charge is 0.324 e. The van der Waals surface area contributed by atoms with E-state index in [9.17, 15) is 9.18 Å². The number of hydrogen-bond donors (Lipinski definition) is 1. The highest BCUT2D eigenvalue weighted by atomic mass is 19.1. The molecular formula is C24H34FN5O3. The zero-order valence-corrected chi connectivity index (χ0v) is 19.5. The molecule has 2 N–H and O–H groups in total. The summed E-state index contributed by atoms with van der Waals surface area (Å²) in [6, 6.07) is 5.08. The number of rotatable bonds is 8. The summed E-state index contributed by atoms with van der Waals surface area (Å²) in [5.41, 5.74) is 5.92. The zero-order valence-electron chi connectivity index (χ0n) is 19.5. The molecule has 2 aliphatic rings. The van der Waals surface area contributed by atoms with Crippen LogP contribution in [0.3, 0.4) is 0 Å². The SMILES string of the molecule is CC(C)c1noc(N2CCC(CCCOc3ccc(C(=O)N4CCC(N)C4)c(F)c3)CC2)n1. The molecular weight excluding hydrogens is 425 g/mol. The van der Waals surface area contributed by atoms with Crippen molar-refractivity contribution in [1.82, 2.24) is 15.0 Å². The van der Waals surface area contributed by atoms with Gasteiger partial charge >= 0.3 is 6.01 Å². The van der Waals surface area contributed by atoms with E-state index in [1.807, 2.05) is 0 Å². The van der Waals surface area contributed by atoms with E-state index in [4.69, 9.17) is 15.0 Å². The summed E-state index contributed by atoms with van der Waals surface area (Å²) >= 11 is 0. The first kappa shape index (κ1) is 23.5. The molecule has 9 heteroatoms. The molecule has 1 unspecified atom stereocenters. The number of ether oxygens (including phenoxy) is 1. The first-order valence-corrected chi connectivity index (χ1v) is 12.0. The summed E-state index contributed by atoms with van der Waals surface area (Å²) < 4.78 is 25.6. The number of halogens is 1. The van der Waals surface area contributed by atoms with Crippen LogP contribution in [0.2, 0.25) is 0 Å². The van der Waals surface area contributed by atoms with E-state index < -0.39 is 5.82 Å². The van der Waals surface area contributed by atoms with E-state index >= 15 is 0 Å². The fourth-order valence-corrected chi connectivity index (χ4v) is 4.47. The van der Waals surface area contributed by atoms with E-state index in [1.54, 1.807) is 11.0 Å². The minimum absolute atomic E-state index is 0.0246. The van der Waals surface area contributed by atoms with Crippen molar-refractivity contribution in [2.75, 3.05) is 37.7 Å². The Labute approximate surface area is 194 Å². The molecule has 0 bridgehead atoms. The predicted octanol–water partition coefficient (Wildman–Crippen LogP) is 3.58. The highest BCUT2D eigenvalue weighted by Crippen LogP contribution is 2.26. The third-order valence-corrected chi connectivity index (χ3v) is 6.54. The highest BCUT2D eigenvalue weighted by molar-refractivity contribution is 5.94. The van der Waals surface area contributed by atoms with Crippen molar-refractivity contribution in [1.29, 1.82) is 0 Å². The van der Waals surface area contributed by atoms with Crippen LogP contribution in [0.4, 0.5) is 10.4 Å². The second-order valence-corrected chi connectivity index (χ2v) is 9.45. The number of aromatic nitrogens is 2. The van der Waals surface area contributed by atoms with Gasteiger partial charge in [0, 0.05) is 44.2 Å². The van der Waals surface area contributed by atoms with Gasteiger partial charge in [0.2, 0.25) is 0 Å². The van der Waals surface area contributed by atoms with Crippen LogP contribution in [-0.2, 0) is 0 Å². The number of nitrogens with zero attached hydrogens (tertiary/aromatic N) is 4. The Balaban J connectivity index is 1.17. The largest absolute Gasteiger partial charge is 0.493 e. The van der Waals surface area contributed by atoms with Crippen molar-refractivity contribution in [2.24, 2.45) is 11.7 Å². The van der Waals surface area contributed by atoms with Gasteiger partial charge in [0.05, 0.1) is 12.2 Å². The highest BCUT2D eigenvalue weighted by Gasteiger charge is 2.27. The summed E-state index contributed by atoms with van der Waals surface area (Å²) in [5.74, 6) is 1.23. The second kappa shape index (κ2) is 10.5. The molecule has 0 saturated carbocycles.